The second kappa shape index (κ2) is 14.4. The predicted octanol–water partition coefficient (Wildman–Crippen LogP) is 5.61. The number of aliphatic hydroxyl groups excluding tert-OH is 2. The van der Waals surface area contributed by atoms with Crippen molar-refractivity contribution in [2.75, 3.05) is 6.61 Å². The van der Waals surface area contributed by atoms with E-state index in [1.807, 2.05) is 92.7 Å². The van der Waals surface area contributed by atoms with Crippen LogP contribution in [-0.4, -0.2) is 35.0 Å². The first-order chi connectivity index (χ1) is 17.4. The van der Waals surface area contributed by atoms with E-state index in [-0.39, 0.29) is 12.1 Å². The fraction of sp³-hybridized carbons (Fsp3) is 0.387. The maximum Gasteiger partial charge on any atom is 0.306 e. The fourth-order valence-electron chi connectivity index (χ4n) is 4.10. The Labute approximate surface area is 214 Å². The van der Waals surface area contributed by atoms with E-state index in [0.29, 0.717) is 38.7 Å². The van der Waals surface area contributed by atoms with Crippen molar-refractivity contribution in [2.24, 2.45) is 0 Å². The van der Waals surface area contributed by atoms with E-state index in [0.717, 1.165) is 34.4 Å². The van der Waals surface area contributed by atoms with Crippen molar-refractivity contribution in [3.63, 3.8) is 0 Å². The fourth-order valence-corrected chi connectivity index (χ4v) is 4.10. The number of aryl methyl sites for hydroxylation is 2. The molecule has 0 aromatic heterocycles. The Kier molecular flexibility index (Phi) is 11.0. The number of hydrogen-bond donors (Lipinski definition) is 2. The third-order valence-corrected chi connectivity index (χ3v) is 6.02. The molecule has 0 amide bonds. The number of carbonyl (C=O) groups excluding carboxylic acids is 1. The van der Waals surface area contributed by atoms with Gasteiger partial charge in [-0.15, -0.1) is 0 Å². The van der Waals surface area contributed by atoms with Gasteiger partial charge in [0.25, 0.3) is 0 Å². The molecular formula is C31H38O5. The summed E-state index contributed by atoms with van der Waals surface area (Å²) in [6.45, 7) is 4.07. The van der Waals surface area contributed by atoms with Gasteiger partial charge in [-0.05, 0) is 61.4 Å². The van der Waals surface area contributed by atoms with Crippen LogP contribution in [0.3, 0.4) is 0 Å². The van der Waals surface area contributed by atoms with Crippen molar-refractivity contribution < 1.29 is 24.5 Å². The van der Waals surface area contributed by atoms with E-state index >= 15 is 0 Å². The third-order valence-electron chi connectivity index (χ3n) is 6.02. The van der Waals surface area contributed by atoms with Crippen LogP contribution in [0.2, 0.25) is 0 Å². The molecule has 0 aliphatic heterocycles. The number of aliphatic hydroxyl groups is 2. The molecular weight excluding hydrogens is 452 g/mol. The van der Waals surface area contributed by atoms with Crippen LogP contribution in [0, 0.1) is 0 Å². The van der Waals surface area contributed by atoms with Crippen LogP contribution in [0.5, 0.6) is 5.75 Å². The number of carbonyl (C=O) groups is 1. The molecule has 0 spiro atoms. The molecule has 0 saturated heterocycles. The van der Waals surface area contributed by atoms with Crippen molar-refractivity contribution in [2.45, 2.75) is 70.7 Å². The molecule has 5 heteroatoms. The average molecular weight is 491 g/mol. The zero-order valence-electron chi connectivity index (χ0n) is 21.3. The standard InChI is InChI=1S/C31H38O5/c1-23(2)36-31(34)18-16-26-12-6-7-14-30(26)35-20-19-28(32)17-15-25-11-8-13-27(21-25)29(33)22-24-9-4-3-5-10-24/h3-14,21,23,28-29,32-33H,15-20,22H2,1-2H3/t28-,29+/m0/s1. The van der Waals surface area contributed by atoms with Gasteiger partial charge >= 0.3 is 5.97 Å². The van der Waals surface area contributed by atoms with E-state index in [1.165, 1.54) is 0 Å². The summed E-state index contributed by atoms with van der Waals surface area (Å²) < 4.78 is 11.1. The van der Waals surface area contributed by atoms with Crippen molar-refractivity contribution in [3.8, 4) is 5.75 Å². The average Bonchev–Trinajstić information content (AvgIpc) is 2.87. The van der Waals surface area contributed by atoms with Gasteiger partial charge in [0.2, 0.25) is 0 Å². The van der Waals surface area contributed by atoms with E-state index < -0.39 is 12.2 Å². The topological polar surface area (TPSA) is 76.0 Å². The molecule has 0 bridgehead atoms. The van der Waals surface area contributed by atoms with Crippen LogP contribution in [0.25, 0.3) is 0 Å². The zero-order valence-corrected chi connectivity index (χ0v) is 21.3. The molecule has 3 aromatic rings. The molecule has 0 saturated carbocycles. The van der Waals surface area contributed by atoms with Crippen LogP contribution in [0.15, 0.2) is 78.9 Å². The Hall–Kier alpha value is -3.15. The number of rotatable bonds is 14. The Balaban J connectivity index is 1.43. The van der Waals surface area contributed by atoms with Crippen LogP contribution in [0.4, 0.5) is 0 Å². The lowest BCUT2D eigenvalue weighted by Crippen LogP contribution is -2.14. The number of esters is 1. The Morgan fingerprint density at radius 3 is 2.33 bits per heavy atom. The second-order valence-electron chi connectivity index (χ2n) is 9.43. The number of ether oxygens (including phenoxy) is 2. The van der Waals surface area contributed by atoms with Gasteiger partial charge in [-0.2, -0.15) is 0 Å². The van der Waals surface area contributed by atoms with Gasteiger partial charge in [0, 0.05) is 19.3 Å². The minimum atomic E-state index is -0.557. The Morgan fingerprint density at radius 2 is 1.56 bits per heavy atom. The molecule has 0 aliphatic rings. The van der Waals surface area contributed by atoms with Crippen molar-refractivity contribution in [1.29, 1.82) is 0 Å². The summed E-state index contributed by atoms with van der Waals surface area (Å²) in [7, 11) is 0. The molecule has 5 nitrogen and oxygen atoms in total. The molecule has 2 N–H and O–H groups in total. The van der Waals surface area contributed by atoms with Gasteiger partial charge < -0.3 is 19.7 Å². The number of para-hydroxylation sites is 1. The lowest BCUT2D eigenvalue weighted by molar-refractivity contribution is -0.147. The Morgan fingerprint density at radius 1 is 0.833 bits per heavy atom. The van der Waals surface area contributed by atoms with Gasteiger partial charge in [0.15, 0.2) is 0 Å². The number of benzene rings is 3. The van der Waals surface area contributed by atoms with Crippen molar-refractivity contribution in [3.05, 3.63) is 101 Å². The summed E-state index contributed by atoms with van der Waals surface area (Å²) in [5.74, 6) is 0.522. The first kappa shape index (κ1) is 27.4. The van der Waals surface area contributed by atoms with Gasteiger partial charge in [-0.3, -0.25) is 4.79 Å². The minimum Gasteiger partial charge on any atom is -0.493 e. The second-order valence-corrected chi connectivity index (χ2v) is 9.43. The van der Waals surface area contributed by atoms with Crippen LogP contribution >= 0.6 is 0 Å². The summed E-state index contributed by atoms with van der Waals surface area (Å²) in [5, 5.41) is 21.1. The normalized spacial score (nSPS) is 12.8. The highest BCUT2D eigenvalue weighted by atomic mass is 16.5. The summed E-state index contributed by atoms with van der Waals surface area (Å²) in [4.78, 5) is 11.9. The molecule has 0 aliphatic carbocycles. The molecule has 192 valence electrons. The first-order valence-electron chi connectivity index (χ1n) is 12.8. The van der Waals surface area contributed by atoms with Gasteiger partial charge in [0.1, 0.15) is 5.75 Å². The lowest BCUT2D eigenvalue weighted by atomic mass is 9.97. The molecule has 0 radical (unpaired) electrons. The predicted molar refractivity (Wildman–Crippen MR) is 142 cm³/mol. The van der Waals surface area contributed by atoms with Crippen molar-refractivity contribution in [1.82, 2.24) is 0 Å². The lowest BCUT2D eigenvalue weighted by Gasteiger charge is -2.15. The van der Waals surface area contributed by atoms with Crippen LogP contribution in [0.1, 0.15) is 61.5 Å². The quantitative estimate of drug-likeness (QED) is 0.287. The van der Waals surface area contributed by atoms with E-state index in [9.17, 15) is 15.0 Å². The van der Waals surface area contributed by atoms with Gasteiger partial charge in [-0.1, -0.05) is 72.8 Å². The SMILES string of the molecule is CC(C)OC(=O)CCc1ccccc1OCC[C@@H](O)CCc1cccc([C@H](O)Cc2ccccc2)c1. The molecule has 36 heavy (non-hydrogen) atoms. The van der Waals surface area contributed by atoms with Gasteiger partial charge in [0.05, 0.1) is 24.9 Å². The van der Waals surface area contributed by atoms with E-state index in [4.69, 9.17) is 9.47 Å². The maximum atomic E-state index is 11.9. The molecule has 0 heterocycles. The minimum absolute atomic E-state index is 0.118. The highest BCUT2D eigenvalue weighted by Gasteiger charge is 2.12. The Bertz CT molecular complexity index is 1060. The number of hydrogen-bond acceptors (Lipinski definition) is 5. The summed E-state index contributed by atoms with van der Waals surface area (Å²) in [6.07, 6.45) is 2.12. The molecule has 3 rings (SSSR count). The van der Waals surface area contributed by atoms with E-state index in [2.05, 4.69) is 0 Å². The van der Waals surface area contributed by atoms with Crippen LogP contribution in [-0.2, 0) is 28.8 Å². The van der Waals surface area contributed by atoms with Gasteiger partial charge in [-0.25, -0.2) is 0 Å². The largest absolute Gasteiger partial charge is 0.493 e. The molecule has 3 aromatic carbocycles. The van der Waals surface area contributed by atoms with Crippen molar-refractivity contribution >= 4 is 5.97 Å². The highest BCUT2D eigenvalue weighted by Crippen LogP contribution is 2.22. The van der Waals surface area contributed by atoms with Crippen LogP contribution < -0.4 is 4.74 Å². The summed E-state index contributed by atoms with van der Waals surface area (Å²) >= 11 is 0. The first-order valence-corrected chi connectivity index (χ1v) is 12.8. The zero-order chi connectivity index (χ0) is 25.8. The highest BCUT2D eigenvalue weighted by molar-refractivity contribution is 5.70. The van der Waals surface area contributed by atoms with E-state index in [1.54, 1.807) is 0 Å². The summed E-state index contributed by atoms with van der Waals surface area (Å²) in [5.41, 5.74) is 4.04. The smallest absolute Gasteiger partial charge is 0.306 e. The monoisotopic (exact) mass is 490 g/mol. The third kappa shape index (κ3) is 9.48. The summed E-state index contributed by atoms with van der Waals surface area (Å²) in [6, 6.07) is 25.6. The molecule has 0 fully saturated rings. The maximum absolute atomic E-state index is 11.9. The molecule has 0 unspecified atom stereocenters. The molecule has 2 atom stereocenters.